The van der Waals surface area contributed by atoms with Crippen molar-refractivity contribution in [2.24, 2.45) is 7.05 Å². The molecular weight excluding hydrogens is 291 g/mol. The fourth-order valence-corrected chi connectivity index (χ4v) is 2.69. The Morgan fingerprint density at radius 2 is 2.00 bits per heavy atom. The maximum atomic E-state index is 13.8. The van der Waals surface area contributed by atoms with Crippen molar-refractivity contribution >= 4 is 22.6 Å². The normalized spacial score (nSPS) is 13.0. The first-order chi connectivity index (χ1) is 9.88. The van der Waals surface area contributed by atoms with Crippen LogP contribution < -0.4 is 0 Å². The van der Waals surface area contributed by atoms with Gasteiger partial charge in [-0.2, -0.15) is 5.10 Å². The van der Waals surface area contributed by atoms with Gasteiger partial charge in [0.2, 0.25) is 0 Å². The molecule has 2 heterocycles. The smallest absolute Gasteiger partial charge is 0.132 e. The van der Waals surface area contributed by atoms with Crippen molar-refractivity contribution < 1.29 is 4.39 Å². The van der Waals surface area contributed by atoms with E-state index in [0.29, 0.717) is 16.9 Å². The third-order valence-corrected chi connectivity index (χ3v) is 3.74. The van der Waals surface area contributed by atoms with Gasteiger partial charge in [0.25, 0.3) is 0 Å². The van der Waals surface area contributed by atoms with Crippen LogP contribution in [0.1, 0.15) is 29.4 Å². The lowest BCUT2D eigenvalue weighted by Crippen LogP contribution is -2.02. The van der Waals surface area contributed by atoms with Gasteiger partial charge in [-0.15, -0.1) is 11.6 Å². The molecule has 1 atom stereocenters. The summed E-state index contributed by atoms with van der Waals surface area (Å²) in [5.41, 5.74) is 3.81. The van der Waals surface area contributed by atoms with E-state index >= 15 is 0 Å². The van der Waals surface area contributed by atoms with Crippen LogP contribution in [0.2, 0.25) is 0 Å². The second kappa shape index (κ2) is 4.84. The summed E-state index contributed by atoms with van der Waals surface area (Å²) >= 11 is 6.26. The molecule has 0 fully saturated rings. The number of rotatable bonds is 2. The number of aryl methyl sites for hydroxylation is 3. The molecule has 0 spiro atoms. The van der Waals surface area contributed by atoms with Crippen molar-refractivity contribution in [1.82, 2.24) is 19.3 Å². The molecular formula is C15H16ClFN4. The van der Waals surface area contributed by atoms with Gasteiger partial charge in [-0.3, -0.25) is 9.25 Å². The van der Waals surface area contributed by atoms with Crippen LogP contribution in [0.15, 0.2) is 18.3 Å². The topological polar surface area (TPSA) is 35.6 Å². The summed E-state index contributed by atoms with van der Waals surface area (Å²) in [6.07, 6.45) is 1.91. The third-order valence-electron chi connectivity index (χ3n) is 3.55. The Morgan fingerprint density at radius 1 is 1.29 bits per heavy atom. The number of fused-ring (bicyclic) bond motifs is 1. The van der Waals surface area contributed by atoms with Crippen LogP contribution in [0.25, 0.3) is 16.7 Å². The van der Waals surface area contributed by atoms with Crippen molar-refractivity contribution in [2.45, 2.75) is 26.1 Å². The molecule has 21 heavy (non-hydrogen) atoms. The maximum absolute atomic E-state index is 13.8. The molecule has 2 aromatic heterocycles. The van der Waals surface area contributed by atoms with Gasteiger partial charge in [0.05, 0.1) is 27.8 Å². The first kappa shape index (κ1) is 14.1. The number of nitrogens with zero attached hydrogens (tertiary/aromatic N) is 4. The second-order valence-corrected chi connectivity index (χ2v) is 5.94. The molecule has 0 radical (unpaired) electrons. The van der Waals surface area contributed by atoms with E-state index in [1.54, 1.807) is 17.7 Å². The zero-order chi connectivity index (χ0) is 15.3. The van der Waals surface area contributed by atoms with Crippen LogP contribution >= 0.6 is 11.6 Å². The molecule has 0 aliphatic heterocycles. The average molecular weight is 307 g/mol. The summed E-state index contributed by atoms with van der Waals surface area (Å²) < 4.78 is 17.5. The lowest BCUT2D eigenvalue weighted by Gasteiger charge is -2.09. The number of hydrogen-bond acceptors (Lipinski definition) is 2. The van der Waals surface area contributed by atoms with Crippen molar-refractivity contribution in [3.63, 3.8) is 0 Å². The largest absolute Gasteiger partial charge is 0.292 e. The molecule has 110 valence electrons. The molecule has 3 aromatic rings. The number of alkyl halides is 1. The van der Waals surface area contributed by atoms with Crippen molar-refractivity contribution in [2.75, 3.05) is 0 Å². The molecule has 0 saturated heterocycles. The lowest BCUT2D eigenvalue weighted by atomic mass is 10.2. The predicted molar refractivity (Wildman–Crippen MR) is 81.5 cm³/mol. The minimum absolute atomic E-state index is 0.260. The van der Waals surface area contributed by atoms with Crippen LogP contribution in [0, 0.1) is 19.7 Å². The molecule has 1 aromatic carbocycles. The zero-order valence-corrected chi connectivity index (χ0v) is 13.1. The maximum Gasteiger partial charge on any atom is 0.132 e. The zero-order valence-electron chi connectivity index (χ0n) is 12.4. The molecule has 0 N–H and O–H groups in total. The standard InChI is InChI=1S/C15H16ClFN4/c1-8-5-13-12(6-11(8)17)18-15(9(2)16)21(13)14-7-20(4)19-10(14)3/h5-7,9H,1-4H3. The summed E-state index contributed by atoms with van der Waals surface area (Å²) in [7, 11) is 1.87. The number of hydrogen-bond donors (Lipinski definition) is 0. The van der Waals surface area contributed by atoms with E-state index in [1.165, 1.54) is 6.07 Å². The molecule has 6 heteroatoms. The highest BCUT2D eigenvalue weighted by Crippen LogP contribution is 2.30. The minimum Gasteiger partial charge on any atom is -0.292 e. The average Bonchev–Trinajstić information content (AvgIpc) is 2.90. The molecule has 0 amide bonds. The fourth-order valence-electron chi connectivity index (χ4n) is 2.55. The van der Waals surface area contributed by atoms with E-state index in [4.69, 9.17) is 11.6 Å². The summed E-state index contributed by atoms with van der Waals surface area (Å²) in [4.78, 5) is 4.49. The lowest BCUT2D eigenvalue weighted by molar-refractivity contribution is 0.620. The monoisotopic (exact) mass is 306 g/mol. The summed E-state index contributed by atoms with van der Waals surface area (Å²) in [5.74, 6) is 0.427. The third kappa shape index (κ3) is 2.21. The molecule has 4 nitrogen and oxygen atoms in total. The van der Waals surface area contributed by atoms with Crippen LogP contribution in [0.5, 0.6) is 0 Å². The van der Waals surface area contributed by atoms with Crippen molar-refractivity contribution in [3.05, 3.63) is 41.2 Å². The second-order valence-electron chi connectivity index (χ2n) is 5.28. The Morgan fingerprint density at radius 3 is 2.57 bits per heavy atom. The van der Waals surface area contributed by atoms with Gasteiger partial charge in [-0.25, -0.2) is 9.37 Å². The van der Waals surface area contributed by atoms with Crippen molar-refractivity contribution in [3.8, 4) is 5.69 Å². The minimum atomic E-state index is -0.291. The van der Waals surface area contributed by atoms with Crippen LogP contribution in [0.3, 0.4) is 0 Å². The molecule has 0 aliphatic carbocycles. The van der Waals surface area contributed by atoms with Crippen LogP contribution in [0.4, 0.5) is 4.39 Å². The molecule has 1 unspecified atom stereocenters. The summed E-state index contributed by atoms with van der Waals surface area (Å²) in [6, 6.07) is 3.25. The Hall–Kier alpha value is -1.88. The first-order valence-corrected chi connectivity index (χ1v) is 7.15. The van der Waals surface area contributed by atoms with Gasteiger partial charge in [-0.05, 0) is 32.4 Å². The van der Waals surface area contributed by atoms with E-state index < -0.39 is 0 Å². The number of halogens is 2. The highest BCUT2D eigenvalue weighted by molar-refractivity contribution is 6.20. The highest BCUT2D eigenvalue weighted by atomic mass is 35.5. The number of benzene rings is 1. The molecule has 0 aliphatic rings. The van der Waals surface area contributed by atoms with Gasteiger partial charge in [0, 0.05) is 19.3 Å². The SMILES string of the molecule is Cc1cc2c(cc1F)nc(C(C)Cl)n2-c1cn(C)nc1C. The Balaban J connectivity index is 2.40. The number of imidazole rings is 1. The molecule has 0 saturated carbocycles. The van der Waals surface area contributed by atoms with Crippen molar-refractivity contribution in [1.29, 1.82) is 0 Å². The van der Waals surface area contributed by atoms with Gasteiger partial charge in [0.1, 0.15) is 11.6 Å². The summed E-state index contributed by atoms with van der Waals surface area (Å²) in [6.45, 7) is 5.53. The van der Waals surface area contributed by atoms with E-state index in [9.17, 15) is 4.39 Å². The van der Waals surface area contributed by atoms with E-state index in [-0.39, 0.29) is 11.2 Å². The fraction of sp³-hybridized carbons (Fsp3) is 0.333. The van der Waals surface area contributed by atoms with Gasteiger partial charge in [0.15, 0.2) is 0 Å². The van der Waals surface area contributed by atoms with E-state index in [1.807, 2.05) is 31.7 Å². The van der Waals surface area contributed by atoms with E-state index in [2.05, 4.69) is 10.1 Å². The van der Waals surface area contributed by atoms with Crippen LogP contribution in [-0.2, 0) is 7.05 Å². The first-order valence-electron chi connectivity index (χ1n) is 6.71. The molecule has 3 rings (SSSR count). The quantitative estimate of drug-likeness (QED) is 0.675. The number of aromatic nitrogens is 4. The van der Waals surface area contributed by atoms with Crippen LogP contribution in [-0.4, -0.2) is 19.3 Å². The summed E-state index contributed by atoms with van der Waals surface area (Å²) in [5, 5.41) is 4.07. The van der Waals surface area contributed by atoms with Gasteiger partial charge >= 0.3 is 0 Å². The Kier molecular flexibility index (Phi) is 3.24. The van der Waals surface area contributed by atoms with E-state index in [0.717, 1.165) is 16.9 Å². The Labute approximate surface area is 127 Å². The highest BCUT2D eigenvalue weighted by Gasteiger charge is 2.20. The Bertz CT molecular complexity index is 832. The molecule has 0 bridgehead atoms. The van der Waals surface area contributed by atoms with Gasteiger partial charge in [-0.1, -0.05) is 0 Å². The van der Waals surface area contributed by atoms with Gasteiger partial charge < -0.3 is 0 Å². The predicted octanol–water partition coefficient (Wildman–Crippen LogP) is 3.81.